The van der Waals surface area contributed by atoms with Gasteiger partial charge in [0.25, 0.3) is 0 Å². The fourth-order valence-electron chi connectivity index (χ4n) is 3.31. The Bertz CT molecular complexity index is 980. The summed E-state index contributed by atoms with van der Waals surface area (Å²) in [7, 11) is 0. The van der Waals surface area contributed by atoms with Crippen LogP contribution in [0, 0.1) is 0 Å². The topological polar surface area (TPSA) is 63.8 Å². The van der Waals surface area contributed by atoms with Gasteiger partial charge in [-0.15, -0.1) is 0 Å². The fraction of sp³-hybridized carbons (Fsp3) is 0.360. The van der Waals surface area contributed by atoms with Crippen LogP contribution in [0.1, 0.15) is 62.4 Å². The lowest BCUT2D eigenvalue weighted by molar-refractivity contribution is 0.661. The molecule has 0 saturated carbocycles. The van der Waals surface area contributed by atoms with Gasteiger partial charge < -0.3 is 11.1 Å². The molecule has 2 aromatic carbocycles. The Labute approximate surface area is 184 Å². The summed E-state index contributed by atoms with van der Waals surface area (Å²) in [5, 5.41) is 5.35. The van der Waals surface area contributed by atoms with Gasteiger partial charge >= 0.3 is 0 Å². The second kappa shape index (κ2) is 11.1. The quantitative estimate of drug-likeness (QED) is 0.365. The van der Waals surface area contributed by atoms with E-state index in [9.17, 15) is 0 Å². The van der Waals surface area contributed by atoms with Gasteiger partial charge in [0.15, 0.2) is 5.82 Å². The molecule has 0 spiro atoms. The van der Waals surface area contributed by atoms with E-state index in [-0.39, 0.29) is 0 Å². The lowest BCUT2D eigenvalue weighted by Crippen LogP contribution is -2.06. The van der Waals surface area contributed by atoms with Gasteiger partial charge in [-0.25, -0.2) is 9.97 Å². The molecule has 1 heterocycles. The summed E-state index contributed by atoms with van der Waals surface area (Å²) >= 11 is 5.98. The maximum atomic E-state index is 5.98. The van der Waals surface area contributed by atoms with Crippen LogP contribution in [-0.4, -0.2) is 23.1 Å². The molecule has 0 radical (unpaired) electrons. The molecule has 5 heteroatoms. The van der Waals surface area contributed by atoms with Crippen molar-refractivity contribution in [1.29, 1.82) is 0 Å². The van der Waals surface area contributed by atoms with Crippen molar-refractivity contribution >= 4 is 40.5 Å². The Morgan fingerprint density at radius 1 is 0.967 bits per heavy atom. The number of anilines is 1. The Balaban J connectivity index is 1.84. The normalized spacial score (nSPS) is 11.6. The number of nitrogens with zero attached hydrogens (tertiary/aromatic N) is 2. The molecule has 3 aromatic rings. The smallest absolute Gasteiger partial charge is 0.154 e. The first-order chi connectivity index (χ1) is 14.6. The number of rotatable bonds is 10. The van der Waals surface area contributed by atoms with Gasteiger partial charge in [0.05, 0.1) is 5.52 Å². The number of halogens is 1. The standard InChI is InChI=1S/C25H31ClN4/c1-18(2)20-10-13-23-22(17-20)25(28-16-6-4-3-5-15-27)30-24(29-23)14-9-19-7-11-21(26)12-8-19/h7-14,17-18H,3-6,15-16,27H2,1-2H3,(H,28,29,30). The first kappa shape index (κ1) is 22.3. The van der Waals surface area contributed by atoms with E-state index < -0.39 is 0 Å². The van der Waals surface area contributed by atoms with E-state index in [0.717, 1.165) is 53.2 Å². The van der Waals surface area contributed by atoms with Crippen molar-refractivity contribution in [2.24, 2.45) is 5.73 Å². The zero-order valence-corrected chi connectivity index (χ0v) is 18.6. The van der Waals surface area contributed by atoms with E-state index in [1.807, 2.05) is 36.4 Å². The van der Waals surface area contributed by atoms with E-state index in [0.29, 0.717) is 11.7 Å². The summed E-state index contributed by atoms with van der Waals surface area (Å²) in [6.07, 6.45) is 8.50. The fourth-order valence-corrected chi connectivity index (χ4v) is 3.43. The molecule has 0 bridgehead atoms. The molecule has 0 unspecified atom stereocenters. The highest BCUT2D eigenvalue weighted by Crippen LogP contribution is 2.26. The van der Waals surface area contributed by atoms with Gasteiger partial charge in [-0.05, 0) is 66.8 Å². The summed E-state index contributed by atoms with van der Waals surface area (Å²) in [6.45, 7) is 6.07. The van der Waals surface area contributed by atoms with Gasteiger partial charge in [0.2, 0.25) is 0 Å². The molecule has 1 aromatic heterocycles. The molecule has 30 heavy (non-hydrogen) atoms. The van der Waals surface area contributed by atoms with E-state index in [1.54, 1.807) is 0 Å². The van der Waals surface area contributed by atoms with Crippen LogP contribution in [0.25, 0.3) is 23.1 Å². The van der Waals surface area contributed by atoms with Crippen molar-refractivity contribution in [2.45, 2.75) is 45.4 Å². The number of hydrogen-bond donors (Lipinski definition) is 2. The van der Waals surface area contributed by atoms with Gasteiger partial charge in [-0.3, -0.25) is 0 Å². The predicted molar refractivity (Wildman–Crippen MR) is 130 cm³/mol. The molecule has 0 aliphatic heterocycles. The molecular weight excluding hydrogens is 392 g/mol. The minimum absolute atomic E-state index is 0.461. The van der Waals surface area contributed by atoms with Gasteiger partial charge in [-0.2, -0.15) is 0 Å². The monoisotopic (exact) mass is 422 g/mol. The number of nitrogens with two attached hydrogens (primary N) is 1. The number of fused-ring (bicyclic) bond motifs is 1. The van der Waals surface area contributed by atoms with E-state index >= 15 is 0 Å². The Morgan fingerprint density at radius 2 is 1.73 bits per heavy atom. The third-order valence-corrected chi connectivity index (χ3v) is 5.37. The third kappa shape index (κ3) is 6.28. The highest BCUT2D eigenvalue weighted by atomic mass is 35.5. The molecule has 4 nitrogen and oxygen atoms in total. The van der Waals surface area contributed by atoms with Crippen LogP contribution in [0.4, 0.5) is 5.82 Å². The van der Waals surface area contributed by atoms with Crippen molar-refractivity contribution in [1.82, 2.24) is 9.97 Å². The van der Waals surface area contributed by atoms with E-state index in [2.05, 4.69) is 37.4 Å². The average molecular weight is 423 g/mol. The lowest BCUT2D eigenvalue weighted by Gasteiger charge is -2.12. The maximum absolute atomic E-state index is 5.98. The Hall–Kier alpha value is -2.43. The van der Waals surface area contributed by atoms with Gasteiger partial charge in [0, 0.05) is 17.0 Å². The molecule has 0 aliphatic rings. The first-order valence-corrected chi connectivity index (χ1v) is 11.1. The largest absolute Gasteiger partial charge is 0.369 e. The van der Waals surface area contributed by atoms with Crippen LogP contribution < -0.4 is 11.1 Å². The summed E-state index contributed by atoms with van der Waals surface area (Å²) in [6, 6.07) is 14.2. The zero-order valence-electron chi connectivity index (χ0n) is 17.9. The van der Waals surface area contributed by atoms with Crippen LogP contribution in [-0.2, 0) is 0 Å². The van der Waals surface area contributed by atoms with Gasteiger partial charge in [-0.1, -0.05) is 62.6 Å². The third-order valence-electron chi connectivity index (χ3n) is 5.12. The number of nitrogens with one attached hydrogen (secondary N) is 1. The second-order valence-electron chi connectivity index (χ2n) is 7.88. The SMILES string of the molecule is CC(C)c1ccc2nc(C=Cc3ccc(Cl)cc3)nc(NCCCCCCN)c2c1. The number of aromatic nitrogens is 2. The predicted octanol–water partition coefficient (Wildman–Crippen LogP) is 6.51. The van der Waals surface area contributed by atoms with Crippen LogP contribution in [0.3, 0.4) is 0 Å². The Morgan fingerprint density at radius 3 is 2.47 bits per heavy atom. The van der Waals surface area contributed by atoms with Crippen LogP contribution in [0.15, 0.2) is 42.5 Å². The molecular formula is C25H31ClN4. The van der Waals surface area contributed by atoms with Crippen LogP contribution >= 0.6 is 11.6 Å². The van der Waals surface area contributed by atoms with E-state index in [1.165, 1.54) is 18.4 Å². The number of hydrogen-bond acceptors (Lipinski definition) is 4. The molecule has 3 rings (SSSR count). The van der Waals surface area contributed by atoms with Crippen molar-refractivity contribution in [3.63, 3.8) is 0 Å². The number of unbranched alkanes of at least 4 members (excludes halogenated alkanes) is 3. The highest BCUT2D eigenvalue weighted by Gasteiger charge is 2.09. The summed E-state index contributed by atoms with van der Waals surface area (Å²) in [5.74, 6) is 2.06. The maximum Gasteiger partial charge on any atom is 0.154 e. The van der Waals surface area contributed by atoms with Crippen molar-refractivity contribution in [3.05, 3.63) is 64.4 Å². The summed E-state index contributed by atoms with van der Waals surface area (Å²) < 4.78 is 0. The highest BCUT2D eigenvalue weighted by molar-refractivity contribution is 6.30. The van der Waals surface area contributed by atoms with Crippen molar-refractivity contribution < 1.29 is 0 Å². The summed E-state index contributed by atoms with van der Waals surface area (Å²) in [4.78, 5) is 9.57. The van der Waals surface area contributed by atoms with Gasteiger partial charge in [0.1, 0.15) is 5.82 Å². The summed E-state index contributed by atoms with van der Waals surface area (Å²) in [5.41, 5.74) is 8.89. The average Bonchev–Trinajstić information content (AvgIpc) is 2.75. The minimum Gasteiger partial charge on any atom is -0.369 e. The van der Waals surface area contributed by atoms with E-state index in [4.69, 9.17) is 27.3 Å². The zero-order chi connectivity index (χ0) is 21.3. The van der Waals surface area contributed by atoms with Crippen LogP contribution in [0.5, 0.6) is 0 Å². The molecule has 0 saturated heterocycles. The lowest BCUT2D eigenvalue weighted by atomic mass is 10.0. The Kier molecular flexibility index (Phi) is 8.23. The van der Waals surface area contributed by atoms with Crippen LogP contribution in [0.2, 0.25) is 5.02 Å². The second-order valence-corrected chi connectivity index (χ2v) is 8.31. The minimum atomic E-state index is 0.461. The van der Waals surface area contributed by atoms with Crippen molar-refractivity contribution in [2.75, 3.05) is 18.4 Å². The molecule has 0 aliphatic carbocycles. The molecule has 158 valence electrons. The molecule has 3 N–H and O–H groups in total. The molecule has 0 fully saturated rings. The van der Waals surface area contributed by atoms with Crippen molar-refractivity contribution in [3.8, 4) is 0 Å². The molecule has 0 amide bonds. The first-order valence-electron chi connectivity index (χ1n) is 10.8. The molecule has 0 atom stereocenters. The number of benzene rings is 2.